The Bertz CT molecular complexity index is 692. The molecule has 25 heavy (non-hydrogen) atoms. The Morgan fingerprint density at radius 2 is 2.08 bits per heavy atom. The molecule has 1 saturated heterocycles. The summed E-state index contributed by atoms with van der Waals surface area (Å²) in [5.41, 5.74) is 1.80. The first-order valence-electron chi connectivity index (χ1n) is 8.62. The second-order valence-corrected chi connectivity index (χ2v) is 6.50. The molecule has 0 radical (unpaired) electrons. The van der Waals surface area contributed by atoms with E-state index in [4.69, 9.17) is 0 Å². The maximum absolute atomic E-state index is 13.1. The summed E-state index contributed by atoms with van der Waals surface area (Å²) in [6.45, 7) is 2.00. The van der Waals surface area contributed by atoms with E-state index in [-0.39, 0.29) is 17.8 Å². The van der Waals surface area contributed by atoms with Gasteiger partial charge in [-0.05, 0) is 37.1 Å². The van der Waals surface area contributed by atoms with Crippen LogP contribution >= 0.6 is 0 Å². The topological polar surface area (TPSA) is 49.3 Å². The Hall–Kier alpha value is -2.34. The van der Waals surface area contributed by atoms with Crippen LogP contribution in [-0.2, 0) is 17.9 Å². The van der Waals surface area contributed by atoms with Gasteiger partial charge in [0.2, 0.25) is 5.91 Å². The summed E-state index contributed by atoms with van der Waals surface area (Å²) >= 11 is 0. The van der Waals surface area contributed by atoms with Crippen molar-refractivity contribution in [3.05, 3.63) is 59.9 Å². The summed E-state index contributed by atoms with van der Waals surface area (Å²) in [6, 6.07) is 6.37. The lowest BCUT2D eigenvalue weighted by atomic mass is 10.00. The molecule has 5 nitrogen and oxygen atoms in total. The van der Waals surface area contributed by atoms with Gasteiger partial charge in [-0.3, -0.25) is 19.7 Å². The second kappa shape index (κ2) is 8.16. The van der Waals surface area contributed by atoms with Crippen LogP contribution < -0.4 is 0 Å². The molecular weight excluding hydrogens is 319 g/mol. The van der Waals surface area contributed by atoms with Gasteiger partial charge >= 0.3 is 0 Å². The van der Waals surface area contributed by atoms with Gasteiger partial charge < -0.3 is 4.90 Å². The van der Waals surface area contributed by atoms with E-state index in [2.05, 4.69) is 14.9 Å². The van der Waals surface area contributed by atoms with E-state index in [9.17, 15) is 9.18 Å². The Labute approximate surface area is 147 Å². The maximum Gasteiger partial charge on any atom is 0.240 e. The molecule has 2 heterocycles. The molecule has 6 heteroatoms. The molecule has 0 bridgehead atoms. The third kappa shape index (κ3) is 4.60. The summed E-state index contributed by atoms with van der Waals surface area (Å²) in [7, 11) is 1.81. The van der Waals surface area contributed by atoms with E-state index in [1.807, 2.05) is 7.05 Å². The minimum Gasteiger partial charge on any atom is -0.338 e. The number of halogens is 1. The lowest BCUT2D eigenvalue weighted by Gasteiger charge is -2.36. The van der Waals surface area contributed by atoms with Crippen molar-refractivity contribution < 1.29 is 9.18 Å². The average Bonchev–Trinajstić information content (AvgIpc) is 2.64. The van der Waals surface area contributed by atoms with Crippen LogP contribution in [0, 0.1) is 5.82 Å². The first-order chi connectivity index (χ1) is 12.1. The van der Waals surface area contributed by atoms with Crippen molar-refractivity contribution in [2.75, 3.05) is 13.6 Å². The lowest BCUT2D eigenvalue weighted by molar-refractivity contribution is -0.137. The monoisotopic (exact) mass is 342 g/mol. The van der Waals surface area contributed by atoms with Crippen LogP contribution in [0.3, 0.4) is 0 Å². The molecular formula is C19H23FN4O. The van der Waals surface area contributed by atoms with Gasteiger partial charge in [0, 0.05) is 26.0 Å². The van der Waals surface area contributed by atoms with E-state index in [0.717, 1.165) is 37.1 Å². The van der Waals surface area contributed by atoms with Gasteiger partial charge in [-0.1, -0.05) is 18.6 Å². The Balaban J connectivity index is 1.66. The minimum absolute atomic E-state index is 0.104. The van der Waals surface area contributed by atoms with Gasteiger partial charge in [0.15, 0.2) is 0 Å². The molecule has 1 aromatic carbocycles. The van der Waals surface area contributed by atoms with Gasteiger partial charge in [-0.2, -0.15) is 0 Å². The predicted molar refractivity (Wildman–Crippen MR) is 93.0 cm³/mol. The number of aromatic nitrogens is 2. The first kappa shape index (κ1) is 17.5. The summed E-state index contributed by atoms with van der Waals surface area (Å²) in [6.07, 6.45) is 7.92. The zero-order chi connectivity index (χ0) is 17.6. The van der Waals surface area contributed by atoms with E-state index in [0.29, 0.717) is 13.1 Å². The Kier molecular flexibility index (Phi) is 5.71. The van der Waals surface area contributed by atoms with Gasteiger partial charge in [-0.15, -0.1) is 0 Å². The fourth-order valence-corrected chi connectivity index (χ4v) is 3.27. The van der Waals surface area contributed by atoms with Crippen LogP contribution in [0.25, 0.3) is 0 Å². The van der Waals surface area contributed by atoms with Crippen LogP contribution in [-0.4, -0.2) is 45.3 Å². The standard InChI is InChI=1S/C19H23FN4O/c1-23(14-17-12-21-9-10-22-17)19(25)18-4-2-3-11-24(18)13-15-5-7-16(20)8-6-15/h5-10,12,18H,2-4,11,13-14H2,1H3. The van der Waals surface area contributed by atoms with Crippen molar-refractivity contribution in [3.63, 3.8) is 0 Å². The maximum atomic E-state index is 13.1. The number of piperidine rings is 1. The van der Waals surface area contributed by atoms with Crippen molar-refractivity contribution in [1.82, 2.24) is 19.8 Å². The number of rotatable bonds is 5. The zero-order valence-corrected chi connectivity index (χ0v) is 14.4. The molecule has 3 rings (SSSR count). The number of hydrogen-bond donors (Lipinski definition) is 0. The molecule has 1 unspecified atom stereocenters. The predicted octanol–water partition coefficient (Wildman–Crippen LogP) is 2.63. The SMILES string of the molecule is CN(Cc1cnccn1)C(=O)C1CCCCN1Cc1ccc(F)cc1. The lowest BCUT2D eigenvalue weighted by Crippen LogP contribution is -2.49. The molecule has 1 atom stereocenters. The van der Waals surface area contributed by atoms with Gasteiger partial charge in [0.05, 0.1) is 24.5 Å². The Morgan fingerprint density at radius 3 is 2.80 bits per heavy atom. The van der Waals surface area contributed by atoms with E-state index >= 15 is 0 Å². The number of carbonyl (C=O) groups excluding carboxylic acids is 1. The van der Waals surface area contributed by atoms with Gasteiger partial charge in [-0.25, -0.2) is 4.39 Å². The highest BCUT2D eigenvalue weighted by atomic mass is 19.1. The highest BCUT2D eigenvalue weighted by Gasteiger charge is 2.30. The fraction of sp³-hybridized carbons (Fsp3) is 0.421. The second-order valence-electron chi connectivity index (χ2n) is 6.50. The normalized spacial score (nSPS) is 18.1. The average molecular weight is 342 g/mol. The largest absolute Gasteiger partial charge is 0.338 e. The number of nitrogens with zero attached hydrogens (tertiary/aromatic N) is 4. The van der Waals surface area contributed by atoms with Crippen molar-refractivity contribution in [2.24, 2.45) is 0 Å². The first-order valence-corrected chi connectivity index (χ1v) is 8.62. The minimum atomic E-state index is -0.237. The molecule has 0 aliphatic carbocycles. The molecule has 0 N–H and O–H groups in total. The van der Waals surface area contributed by atoms with Gasteiger partial charge in [0.25, 0.3) is 0 Å². The smallest absolute Gasteiger partial charge is 0.240 e. The van der Waals surface area contributed by atoms with Crippen molar-refractivity contribution in [1.29, 1.82) is 0 Å². The zero-order valence-electron chi connectivity index (χ0n) is 14.4. The van der Waals surface area contributed by atoms with Crippen molar-refractivity contribution in [2.45, 2.75) is 38.4 Å². The van der Waals surface area contributed by atoms with E-state index in [1.54, 1.807) is 35.6 Å². The number of hydrogen-bond acceptors (Lipinski definition) is 4. The van der Waals surface area contributed by atoms with E-state index in [1.165, 1.54) is 12.1 Å². The van der Waals surface area contributed by atoms with Crippen LogP contribution in [0.2, 0.25) is 0 Å². The molecule has 2 aromatic rings. The van der Waals surface area contributed by atoms with E-state index < -0.39 is 0 Å². The van der Waals surface area contributed by atoms with Crippen molar-refractivity contribution in [3.8, 4) is 0 Å². The van der Waals surface area contributed by atoms with Gasteiger partial charge in [0.1, 0.15) is 5.82 Å². The molecule has 0 spiro atoms. The number of likely N-dealkylation sites (N-methyl/N-ethyl adjacent to an activating group) is 1. The third-order valence-electron chi connectivity index (χ3n) is 4.59. The quantitative estimate of drug-likeness (QED) is 0.838. The van der Waals surface area contributed by atoms with Crippen LogP contribution in [0.15, 0.2) is 42.9 Å². The molecule has 1 fully saturated rings. The van der Waals surface area contributed by atoms with Crippen LogP contribution in [0.4, 0.5) is 4.39 Å². The summed E-state index contributed by atoms with van der Waals surface area (Å²) in [4.78, 5) is 25.1. The number of benzene rings is 1. The molecule has 132 valence electrons. The molecule has 1 amide bonds. The molecule has 0 saturated carbocycles. The summed E-state index contributed by atoms with van der Waals surface area (Å²) < 4.78 is 13.1. The highest BCUT2D eigenvalue weighted by molar-refractivity contribution is 5.81. The van der Waals surface area contributed by atoms with Crippen LogP contribution in [0.5, 0.6) is 0 Å². The van der Waals surface area contributed by atoms with Crippen molar-refractivity contribution >= 4 is 5.91 Å². The molecule has 1 aromatic heterocycles. The fourth-order valence-electron chi connectivity index (χ4n) is 3.27. The molecule has 1 aliphatic rings. The third-order valence-corrected chi connectivity index (χ3v) is 4.59. The Morgan fingerprint density at radius 1 is 1.28 bits per heavy atom. The number of amides is 1. The highest BCUT2D eigenvalue weighted by Crippen LogP contribution is 2.21. The number of carbonyl (C=O) groups is 1. The summed E-state index contributed by atoms with van der Waals surface area (Å²) in [5, 5.41) is 0. The summed E-state index contributed by atoms with van der Waals surface area (Å²) in [5.74, 6) is -0.133. The number of likely N-dealkylation sites (tertiary alicyclic amines) is 1. The van der Waals surface area contributed by atoms with Crippen LogP contribution in [0.1, 0.15) is 30.5 Å². The molecule has 1 aliphatic heterocycles.